The minimum atomic E-state index is 0.122. The smallest absolute Gasteiger partial charge is 0.0735 e. The molecule has 2 aliphatic rings. The normalized spacial score (nSPS) is 38.9. The van der Waals surface area contributed by atoms with Crippen molar-refractivity contribution in [3.05, 3.63) is 12.2 Å². The van der Waals surface area contributed by atoms with E-state index < -0.39 is 0 Å². The molecule has 1 saturated carbocycles. The van der Waals surface area contributed by atoms with Crippen LogP contribution >= 0.6 is 0 Å². The monoisotopic (exact) mass is 261 g/mol. The summed E-state index contributed by atoms with van der Waals surface area (Å²) in [5.74, 6) is 2.25. The van der Waals surface area contributed by atoms with Crippen LogP contribution in [0.1, 0.15) is 52.4 Å². The van der Waals surface area contributed by atoms with Crippen LogP contribution < -0.4 is 0 Å². The zero-order chi connectivity index (χ0) is 13.7. The molecule has 0 spiro atoms. The first-order valence-electron chi connectivity index (χ1n) is 7.90. The molecule has 2 rings (SSSR count). The van der Waals surface area contributed by atoms with Crippen LogP contribution in [-0.2, 0) is 4.74 Å². The van der Waals surface area contributed by atoms with Crippen LogP contribution in [0.25, 0.3) is 0 Å². The van der Waals surface area contributed by atoms with Gasteiger partial charge in [-0.2, -0.15) is 5.26 Å². The van der Waals surface area contributed by atoms with Crippen LogP contribution in [-0.4, -0.2) is 12.7 Å². The number of nitrogens with zero attached hydrogens (tertiary/aromatic N) is 1. The molecular weight excluding hydrogens is 234 g/mol. The van der Waals surface area contributed by atoms with Crippen molar-refractivity contribution in [2.24, 2.45) is 23.7 Å². The Morgan fingerprint density at radius 3 is 2.74 bits per heavy atom. The van der Waals surface area contributed by atoms with Gasteiger partial charge in [-0.25, -0.2) is 0 Å². The van der Waals surface area contributed by atoms with E-state index in [0.717, 1.165) is 37.7 Å². The average molecular weight is 261 g/mol. The summed E-state index contributed by atoms with van der Waals surface area (Å²) >= 11 is 0. The number of hydrogen-bond donors (Lipinski definition) is 0. The summed E-state index contributed by atoms with van der Waals surface area (Å²) in [6, 6.07) is 2.46. The summed E-state index contributed by atoms with van der Waals surface area (Å²) in [5, 5.41) is 9.27. The van der Waals surface area contributed by atoms with Crippen molar-refractivity contribution >= 4 is 0 Å². The summed E-state index contributed by atoms with van der Waals surface area (Å²) in [7, 11) is 0. The fourth-order valence-corrected chi connectivity index (χ4v) is 3.40. The van der Waals surface area contributed by atoms with E-state index >= 15 is 0 Å². The lowest BCUT2D eigenvalue weighted by Crippen LogP contribution is -2.33. The molecular formula is C17H27NO. The Bertz CT molecular complexity index is 344. The van der Waals surface area contributed by atoms with E-state index in [4.69, 9.17) is 4.74 Å². The Morgan fingerprint density at radius 1 is 1.26 bits per heavy atom. The Hall–Kier alpha value is -0.810. The average Bonchev–Trinajstić information content (AvgIpc) is 2.46. The van der Waals surface area contributed by atoms with Crippen LogP contribution in [0.4, 0.5) is 0 Å². The second-order valence-electron chi connectivity index (χ2n) is 6.37. The molecule has 5 unspecified atom stereocenters. The van der Waals surface area contributed by atoms with Gasteiger partial charge in [0, 0.05) is 0 Å². The van der Waals surface area contributed by atoms with Crippen molar-refractivity contribution < 1.29 is 4.74 Å². The summed E-state index contributed by atoms with van der Waals surface area (Å²) in [6.07, 6.45) is 11.6. The Labute approximate surface area is 117 Å². The molecule has 2 heteroatoms. The van der Waals surface area contributed by atoms with Crippen molar-refractivity contribution in [3.8, 4) is 6.07 Å². The van der Waals surface area contributed by atoms with Gasteiger partial charge < -0.3 is 4.74 Å². The van der Waals surface area contributed by atoms with Gasteiger partial charge in [0.25, 0.3) is 0 Å². The van der Waals surface area contributed by atoms with E-state index in [-0.39, 0.29) is 12.0 Å². The minimum absolute atomic E-state index is 0.122. The highest BCUT2D eigenvalue weighted by atomic mass is 16.5. The van der Waals surface area contributed by atoms with E-state index in [2.05, 4.69) is 32.1 Å². The predicted molar refractivity (Wildman–Crippen MR) is 77.5 cm³/mol. The molecule has 0 aromatic rings. The third kappa shape index (κ3) is 3.83. The topological polar surface area (TPSA) is 33.0 Å². The summed E-state index contributed by atoms with van der Waals surface area (Å²) in [6.45, 7) is 5.40. The van der Waals surface area contributed by atoms with Crippen LogP contribution in [0.3, 0.4) is 0 Å². The molecule has 2 nitrogen and oxygen atoms in total. The highest BCUT2D eigenvalue weighted by Gasteiger charge is 2.31. The van der Waals surface area contributed by atoms with Gasteiger partial charge in [-0.1, -0.05) is 32.4 Å². The first-order chi connectivity index (χ1) is 9.24. The van der Waals surface area contributed by atoms with E-state index in [1.165, 1.54) is 19.3 Å². The van der Waals surface area contributed by atoms with Gasteiger partial charge in [0.05, 0.1) is 24.7 Å². The Balaban J connectivity index is 1.85. The number of nitriles is 1. The van der Waals surface area contributed by atoms with Crippen LogP contribution in [0.15, 0.2) is 12.2 Å². The molecule has 0 heterocycles. The SMILES string of the molecule is CCC1CCC(C#N)C(OCC2CC=CCC2C)C1. The maximum Gasteiger partial charge on any atom is 0.0735 e. The summed E-state index contributed by atoms with van der Waals surface area (Å²) in [5.41, 5.74) is 0. The summed E-state index contributed by atoms with van der Waals surface area (Å²) in [4.78, 5) is 0. The van der Waals surface area contributed by atoms with Gasteiger partial charge in [-0.05, 0) is 49.9 Å². The largest absolute Gasteiger partial charge is 0.377 e. The predicted octanol–water partition coefficient (Wildman–Crippen LogP) is 4.32. The number of ether oxygens (including phenoxy) is 1. The maximum absolute atomic E-state index is 9.27. The molecule has 0 bridgehead atoms. The number of hydrogen-bond acceptors (Lipinski definition) is 2. The highest BCUT2D eigenvalue weighted by molar-refractivity contribution is 4.95. The molecule has 0 aromatic heterocycles. The fraction of sp³-hybridized carbons (Fsp3) is 0.824. The van der Waals surface area contributed by atoms with E-state index in [1.807, 2.05) is 0 Å². The Kier molecular flexibility index (Phi) is 5.45. The van der Waals surface area contributed by atoms with Crippen LogP contribution in [0, 0.1) is 35.0 Å². The number of rotatable bonds is 4. The molecule has 5 atom stereocenters. The molecule has 0 saturated heterocycles. The van der Waals surface area contributed by atoms with Crippen molar-refractivity contribution in [2.75, 3.05) is 6.61 Å². The zero-order valence-corrected chi connectivity index (χ0v) is 12.3. The van der Waals surface area contributed by atoms with E-state index in [0.29, 0.717) is 5.92 Å². The van der Waals surface area contributed by atoms with Crippen molar-refractivity contribution in [1.82, 2.24) is 0 Å². The van der Waals surface area contributed by atoms with Crippen molar-refractivity contribution in [2.45, 2.75) is 58.5 Å². The van der Waals surface area contributed by atoms with Gasteiger partial charge in [-0.3, -0.25) is 0 Å². The molecule has 0 amide bonds. The van der Waals surface area contributed by atoms with Crippen molar-refractivity contribution in [3.63, 3.8) is 0 Å². The first kappa shape index (κ1) is 14.6. The lowest BCUT2D eigenvalue weighted by Gasteiger charge is -2.34. The second kappa shape index (κ2) is 7.10. The van der Waals surface area contributed by atoms with Gasteiger partial charge in [0.2, 0.25) is 0 Å². The van der Waals surface area contributed by atoms with Gasteiger partial charge in [-0.15, -0.1) is 0 Å². The maximum atomic E-state index is 9.27. The third-order valence-corrected chi connectivity index (χ3v) is 5.09. The standard InChI is InChI=1S/C17H27NO/c1-3-14-8-9-15(11-18)17(10-14)19-12-16-7-5-4-6-13(16)2/h4-5,13-17H,3,6-10,12H2,1-2H3. The zero-order valence-electron chi connectivity index (χ0n) is 12.3. The molecule has 0 radical (unpaired) electrons. The highest BCUT2D eigenvalue weighted by Crippen LogP contribution is 2.34. The molecule has 106 valence electrons. The lowest BCUT2D eigenvalue weighted by atomic mass is 9.79. The first-order valence-corrected chi connectivity index (χ1v) is 7.90. The van der Waals surface area contributed by atoms with Crippen LogP contribution in [0.2, 0.25) is 0 Å². The molecule has 19 heavy (non-hydrogen) atoms. The third-order valence-electron chi connectivity index (χ3n) is 5.09. The number of allylic oxidation sites excluding steroid dienone is 2. The molecule has 0 aliphatic heterocycles. The summed E-state index contributed by atoms with van der Waals surface area (Å²) < 4.78 is 6.17. The van der Waals surface area contributed by atoms with E-state index in [9.17, 15) is 5.26 Å². The quantitative estimate of drug-likeness (QED) is 0.706. The van der Waals surface area contributed by atoms with Crippen molar-refractivity contribution in [1.29, 1.82) is 5.26 Å². The van der Waals surface area contributed by atoms with Gasteiger partial charge >= 0.3 is 0 Å². The Morgan fingerprint density at radius 2 is 2.05 bits per heavy atom. The molecule has 0 aromatic carbocycles. The van der Waals surface area contributed by atoms with E-state index in [1.54, 1.807) is 0 Å². The molecule has 1 fully saturated rings. The second-order valence-corrected chi connectivity index (χ2v) is 6.37. The fourth-order valence-electron chi connectivity index (χ4n) is 3.40. The minimum Gasteiger partial charge on any atom is -0.377 e. The van der Waals surface area contributed by atoms with Crippen LogP contribution in [0.5, 0.6) is 0 Å². The lowest BCUT2D eigenvalue weighted by molar-refractivity contribution is -0.0335. The van der Waals surface area contributed by atoms with Gasteiger partial charge in [0.1, 0.15) is 0 Å². The molecule has 0 N–H and O–H groups in total. The van der Waals surface area contributed by atoms with Gasteiger partial charge in [0.15, 0.2) is 0 Å². The molecule has 2 aliphatic carbocycles.